The molecular formula is C22H24N4O3. The molecule has 2 saturated heterocycles. The summed E-state index contributed by atoms with van der Waals surface area (Å²) < 4.78 is 12.3. The third-order valence-electron chi connectivity index (χ3n) is 5.90. The van der Waals surface area contributed by atoms with Crippen molar-refractivity contribution in [2.75, 3.05) is 32.2 Å². The van der Waals surface area contributed by atoms with Gasteiger partial charge in [-0.3, -0.25) is 9.20 Å². The van der Waals surface area contributed by atoms with Gasteiger partial charge in [-0.2, -0.15) is 0 Å². The van der Waals surface area contributed by atoms with Crippen molar-refractivity contribution in [2.45, 2.75) is 24.9 Å². The van der Waals surface area contributed by atoms with Crippen LogP contribution in [0.2, 0.25) is 0 Å². The van der Waals surface area contributed by atoms with Crippen LogP contribution in [-0.4, -0.2) is 48.8 Å². The lowest BCUT2D eigenvalue weighted by Gasteiger charge is -2.34. The normalized spacial score (nSPS) is 20.8. The second-order valence-electron chi connectivity index (χ2n) is 7.71. The van der Waals surface area contributed by atoms with E-state index in [1.54, 1.807) is 24.7 Å². The number of piperazine rings is 1. The second-order valence-corrected chi connectivity index (χ2v) is 7.71. The Kier molecular flexibility index (Phi) is 4.39. The van der Waals surface area contributed by atoms with E-state index in [4.69, 9.17) is 14.5 Å². The summed E-state index contributed by atoms with van der Waals surface area (Å²) in [5, 5.41) is 3.64. The third kappa shape index (κ3) is 3.21. The molecule has 2 aromatic heterocycles. The van der Waals surface area contributed by atoms with Crippen LogP contribution in [0.25, 0.3) is 16.9 Å². The number of methoxy groups -OCH3 is 2. The van der Waals surface area contributed by atoms with Gasteiger partial charge in [0.05, 0.1) is 25.6 Å². The van der Waals surface area contributed by atoms with Crippen LogP contribution in [0.15, 0.2) is 47.4 Å². The molecule has 7 nitrogen and oxygen atoms in total. The maximum Gasteiger partial charge on any atom is 0.258 e. The molecule has 0 spiro atoms. The predicted molar refractivity (Wildman–Crippen MR) is 112 cm³/mol. The Bertz CT molecular complexity index is 1110. The molecule has 0 amide bonds. The maximum atomic E-state index is 12.9. The number of ether oxygens (including phenoxy) is 2. The van der Waals surface area contributed by atoms with Crippen LogP contribution in [0.3, 0.4) is 0 Å². The molecule has 2 fully saturated rings. The van der Waals surface area contributed by atoms with E-state index in [1.165, 1.54) is 12.8 Å². The molecule has 2 atom stereocenters. The Balaban J connectivity index is 1.51. The zero-order chi connectivity index (χ0) is 20.0. The molecule has 2 bridgehead atoms. The number of nitrogens with zero attached hydrogens (tertiary/aromatic N) is 3. The standard InChI is InChI=1S/C22H24N4O3/c1-28-19-7-3-14(9-20(19)29-2)18-10-22(27)26-13-17(6-8-21(26)24-18)25-11-15-4-5-16(12-25)23-15/h3,6-10,13,15-16,23H,4-5,11-12H2,1-2H3. The molecule has 2 aliphatic heterocycles. The topological polar surface area (TPSA) is 68.1 Å². The molecule has 0 saturated carbocycles. The number of hydrogen-bond acceptors (Lipinski definition) is 6. The lowest BCUT2D eigenvalue weighted by atomic mass is 10.1. The first kappa shape index (κ1) is 18.0. The average molecular weight is 392 g/mol. The van der Waals surface area contributed by atoms with Crippen LogP contribution in [0.4, 0.5) is 5.69 Å². The summed E-state index contributed by atoms with van der Waals surface area (Å²) in [7, 11) is 3.19. The van der Waals surface area contributed by atoms with Crippen molar-refractivity contribution in [1.82, 2.24) is 14.7 Å². The summed E-state index contributed by atoms with van der Waals surface area (Å²) in [5.41, 5.74) is 3.02. The first-order valence-electron chi connectivity index (χ1n) is 9.91. The quantitative estimate of drug-likeness (QED) is 0.735. The van der Waals surface area contributed by atoms with Gasteiger partial charge in [0, 0.05) is 43.0 Å². The second kappa shape index (κ2) is 7.08. The minimum atomic E-state index is -0.0975. The minimum Gasteiger partial charge on any atom is -0.493 e. The average Bonchev–Trinajstić information content (AvgIpc) is 3.10. The van der Waals surface area contributed by atoms with Crippen molar-refractivity contribution in [3.8, 4) is 22.8 Å². The fourth-order valence-corrected chi connectivity index (χ4v) is 4.43. The largest absolute Gasteiger partial charge is 0.493 e. The zero-order valence-corrected chi connectivity index (χ0v) is 16.6. The Hall–Kier alpha value is -3.06. The number of aromatic nitrogens is 2. The fraction of sp³-hybridized carbons (Fsp3) is 0.364. The Morgan fingerprint density at radius 3 is 2.48 bits per heavy atom. The first-order valence-corrected chi connectivity index (χ1v) is 9.91. The van der Waals surface area contributed by atoms with Crippen molar-refractivity contribution in [3.63, 3.8) is 0 Å². The fourth-order valence-electron chi connectivity index (χ4n) is 4.43. The van der Waals surface area contributed by atoms with Crippen LogP contribution < -0.4 is 25.2 Å². The van der Waals surface area contributed by atoms with Crippen molar-refractivity contribution in [2.24, 2.45) is 0 Å². The van der Waals surface area contributed by atoms with Crippen LogP contribution in [0.1, 0.15) is 12.8 Å². The van der Waals surface area contributed by atoms with E-state index in [-0.39, 0.29) is 5.56 Å². The van der Waals surface area contributed by atoms with E-state index in [2.05, 4.69) is 16.3 Å². The van der Waals surface area contributed by atoms with E-state index in [0.717, 1.165) is 24.3 Å². The maximum absolute atomic E-state index is 12.9. The first-order chi connectivity index (χ1) is 14.1. The van der Waals surface area contributed by atoms with Crippen LogP contribution in [0, 0.1) is 0 Å². The molecule has 3 aromatic rings. The summed E-state index contributed by atoms with van der Waals surface area (Å²) >= 11 is 0. The molecule has 5 rings (SSSR count). The summed E-state index contributed by atoms with van der Waals surface area (Å²) in [6.45, 7) is 1.96. The highest BCUT2D eigenvalue weighted by molar-refractivity contribution is 5.66. The van der Waals surface area contributed by atoms with Crippen LogP contribution in [-0.2, 0) is 0 Å². The van der Waals surface area contributed by atoms with Gasteiger partial charge in [0.15, 0.2) is 11.5 Å². The summed E-state index contributed by atoms with van der Waals surface area (Å²) in [5.74, 6) is 1.25. The molecule has 7 heteroatoms. The highest BCUT2D eigenvalue weighted by atomic mass is 16.5. The Morgan fingerprint density at radius 2 is 1.76 bits per heavy atom. The Labute approximate surface area is 168 Å². The van der Waals surface area contributed by atoms with Crippen molar-refractivity contribution in [1.29, 1.82) is 0 Å². The monoisotopic (exact) mass is 392 g/mol. The number of hydrogen-bond donors (Lipinski definition) is 1. The summed E-state index contributed by atoms with van der Waals surface area (Å²) in [4.78, 5) is 19.9. The van der Waals surface area contributed by atoms with E-state index in [9.17, 15) is 4.79 Å². The summed E-state index contributed by atoms with van der Waals surface area (Å²) in [6.07, 6.45) is 4.36. The van der Waals surface area contributed by atoms with E-state index in [1.807, 2.05) is 30.5 Å². The van der Waals surface area contributed by atoms with Gasteiger partial charge in [-0.25, -0.2) is 4.98 Å². The molecule has 1 aromatic carbocycles. The van der Waals surface area contributed by atoms with Crippen molar-refractivity contribution >= 4 is 11.3 Å². The van der Waals surface area contributed by atoms with E-state index >= 15 is 0 Å². The third-order valence-corrected chi connectivity index (χ3v) is 5.90. The molecule has 4 heterocycles. The van der Waals surface area contributed by atoms with E-state index < -0.39 is 0 Å². The van der Waals surface area contributed by atoms with Gasteiger partial charge in [-0.05, 0) is 43.2 Å². The molecule has 0 aliphatic carbocycles. The van der Waals surface area contributed by atoms with Crippen LogP contribution in [0.5, 0.6) is 11.5 Å². The lowest BCUT2D eigenvalue weighted by molar-refractivity contribution is 0.355. The molecule has 29 heavy (non-hydrogen) atoms. The number of rotatable bonds is 4. The number of benzene rings is 1. The number of fused-ring (bicyclic) bond motifs is 3. The minimum absolute atomic E-state index is 0.0975. The smallest absolute Gasteiger partial charge is 0.258 e. The van der Waals surface area contributed by atoms with Gasteiger partial charge in [-0.15, -0.1) is 0 Å². The number of pyridine rings is 1. The van der Waals surface area contributed by atoms with Crippen molar-refractivity contribution < 1.29 is 9.47 Å². The lowest BCUT2D eigenvalue weighted by Crippen LogP contribution is -2.51. The van der Waals surface area contributed by atoms with Gasteiger partial charge in [0.1, 0.15) is 5.65 Å². The van der Waals surface area contributed by atoms with Gasteiger partial charge in [-0.1, -0.05) is 0 Å². The van der Waals surface area contributed by atoms with Gasteiger partial charge >= 0.3 is 0 Å². The molecule has 2 aliphatic rings. The summed E-state index contributed by atoms with van der Waals surface area (Å²) in [6, 6.07) is 12.2. The van der Waals surface area contributed by atoms with E-state index in [0.29, 0.717) is 34.9 Å². The zero-order valence-electron chi connectivity index (χ0n) is 16.6. The highest BCUT2D eigenvalue weighted by Crippen LogP contribution is 2.31. The van der Waals surface area contributed by atoms with Gasteiger partial charge in [0.25, 0.3) is 5.56 Å². The molecule has 1 N–H and O–H groups in total. The molecule has 0 radical (unpaired) electrons. The van der Waals surface area contributed by atoms with Crippen LogP contribution >= 0.6 is 0 Å². The Morgan fingerprint density at radius 1 is 1.00 bits per heavy atom. The number of nitrogens with one attached hydrogen (secondary N) is 1. The SMILES string of the molecule is COc1ccc(-c2cc(=O)n3cc(N4CC5CCC(C4)N5)ccc3n2)cc1OC. The van der Waals surface area contributed by atoms with Gasteiger partial charge in [0.2, 0.25) is 0 Å². The number of anilines is 1. The van der Waals surface area contributed by atoms with Gasteiger partial charge < -0.3 is 19.7 Å². The van der Waals surface area contributed by atoms with Crippen molar-refractivity contribution in [3.05, 3.63) is 52.9 Å². The predicted octanol–water partition coefficient (Wildman–Crippen LogP) is 2.32. The molecule has 2 unspecified atom stereocenters. The molecule has 150 valence electrons. The highest BCUT2D eigenvalue weighted by Gasteiger charge is 2.32. The molecular weight excluding hydrogens is 368 g/mol.